The number of fused-ring (bicyclic) bond motifs is 1. The van der Waals surface area contributed by atoms with Crippen molar-refractivity contribution in [3.63, 3.8) is 0 Å². The average molecular weight is 596 g/mol. The lowest BCUT2D eigenvalue weighted by molar-refractivity contribution is -0.123. The molecule has 4 rings (SSSR count). The lowest BCUT2D eigenvalue weighted by Gasteiger charge is -2.33. The predicted molar refractivity (Wildman–Crippen MR) is 147 cm³/mol. The Labute approximate surface area is 225 Å². The van der Waals surface area contributed by atoms with Crippen molar-refractivity contribution in [1.29, 1.82) is 0 Å². The summed E-state index contributed by atoms with van der Waals surface area (Å²) in [5, 5.41) is 0.695. The van der Waals surface area contributed by atoms with Gasteiger partial charge in [0.1, 0.15) is 5.75 Å². The van der Waals surface area contributed by atoms with Gasteiger partial charge in [-0.05, 0) is 82.4 Å². The molecule has 0 saturated carbocycles. The standard InChI is InChI=1S/C25H31BrN4O4S2/c1-28(2)13-4-14-30(25-27-22-10-5-19(26)17-23(22)35-25)24(31)18-11-15-29(16-12-18)36(32,33)21-8-6-20(34-3)7-9-21/h5-10,17-18H,4,11-16H2,1-3H3. The van der Waals surface area contributed by atoms with Crippen molar-refractivity contribution in [2.45, 2.75) is 24.2 Å². The minimum atomic E-state index is -3.62. The van der Waals surface area contributed by atoms with Gasteiger partial charge in [0, 0.05) is 30.0 Å². The van der Waals surface area contributed by atoms with E-state index in [1.807, 2.05) is 32.3 Å². The molecule has 0 aliphatic carbocycles. The molecule has 1 aliphatic rings. The normalized spacial score (nSPS) is 15.5. The van der Waals surface area contributed by atoms with Gasteiger partial charge in [-0.1, -0.05) is 27.3 Å². The second-order valence-electron chi connectivity index (χ2n) is 9.11. The van der Waals surface area contributed by atoms with E-state index in [4.69, 9.17) is 9.72 Å². The van der Waals surface area contributed by atoms with Crippen molar-refractivity contribution in [3.05, 3.63) is 46.9 Å². The predicted octanol–water partition coefficient (Wildman–Crippen LogP) is 4.45. The molecule has 0 spiro atoms. The first-order chi connectivity index (χ1) is 17.2. The quantitative estimate of drug-likeness (QED) is 0.364. The van der Waals surface area contributed by atoms with Gasteiger partial charge in [0.25, 0.3) is 0 Å². The Morgan fingerprint density at radius 2 is 1.83 bits per heavy atom. The number of carbonyl (C=O) groups excluding carboxylic acids is 1. The molecule has 2 heterocycles. The van der Waals surface area contributed by atoms with Crippen LogP contribution >= 0.6 is 27.3 Å². The molecular formula is C25H31BrN4O4S2. The average Bonchev–Trinajstić information content (AvgIpc) is 3.29. The van der Waals surface area contributed by atoms with E-state index in [0.29, 0.717) is 43.4 Å². The van der Waals surface area contributed by atoms with Crippen molar-refractivity contribution in [1.82, 2.24) is 14.2 Å². The van der Waals surface area contributed by atoms with E-state index in [2.05, 4.69) is 20.8 Å². The SMILES string of the molecule is COc1ccc(S(=O)(=O)N2CCC(C(=O)N(CCCN(C)C)c3nc4ccc(Br)cc4s3)CC2)cc1. The maximum absolute atomic E-state index is 13.7. The van der Waals surface area contributed by atoms with Crippen LogP contribution < -0.4 is 9.64 Å². The second-order valence-corrected chi connectivity index (χ2v) is 13.0. The monoisotopic (exact) mass is 594 g/mol. The summed E-state index contributed by atoms with van der Waals surface area (Å²) in [5.41, 5.74) is 0.865. The molecule has 1 amide bonds. The van der Waals surface area contributed by atoms with E-state index < -0.39 is 10.0 Å². The number of hydrogen-bond acceptors (Lipinski definition) is 7. The van der Waals surface area contributed by atoms with Gasteiger partial charge in [-0.3, -0.25) is 9.69 Å². The molecule has 0 unspecified atom stereocenters. The summed E-state index contributed by atoms with van der Waals surface area (Å²) >= 11 is 5.02. The highest BCUT2D eigenvalue weighted by molar-refractivity contribution is 9.10. The highest BCUT2D eigenvalue weighted by Gasteiger charge is 2.35. The number of sulfonamides is 1. The Morgan fingerprint density at radius 3 is 2.47 bits per heavy atom. The highest BCUT2D eigenvalue weighted by atomic mass is 79.9. The van der Waals surface area contributed by atoms with Crippen molar-refractivity contribution in [2.75, 3.05) is 52.3 Å². The first kappa shape index (κ1) is 27.0. The minimum Gasteiger partial charge on any atom is -0.497 e. The summed E-state index contributed by atoms with van der Waals surface area (Å²) in [6.45, 7) is 2.05. The zero-order chi connectivity index (χ0) is 25.9. The van der Waals surface area contributed by atoms with Gasteiger partial charge in [0.05, 0.1) is 22.2 Å². The highest BCUT2D eigenvalue weighted by Crippen LogP contribution is 2.33. The fraction of sp³-hybridized carbons (Fsp3) is 0.440. The van der Waals surface area contributed by atoms with Crippen LogP contribution in [0.25, 0.3) is 10.2 Å². The van der Waals surface area contributed by atoms with E-state index in [-0.39, 0.29) is 16.7 Å². The Morgan fingerprint density at radius 1 is 1.14 bits per heavy atom. The number of ether oxygens (including phenoxy) is 1. The van der Waals surface area contributed by atoms with Crippen LogP contribution in [0.5, 0.6) is 5.75 Å². The van der Waals surface area contributed by atoms with Crippen molar-refractivity contribution >= 4 is 58.5 Å². The summed E-state index contributed by atoms with van der Waals surface area (Å²) in [7, 11) is 1.95. The number of aromatic nitrogens is 1. The molecule has 36 heavy (non-hydrogen) atoms. The first-order valence-corrected chi connectivity index (χ1v) is 14.9. The Bertz CT molecular complexity index is 1300. The number of carbonyl (C=O) groups is 1. The topological polar surface area (TPSA) is 83.0 Å². The van der Waals surface area contributed by atoms with Crippen LogP contribution in [0.4, 0.5) is 5.13 Å². The van der Waals surface area contributed by atoms with Gasteiger partial charge in [-0.25, -0.2) is 13.4 Å². The number of halogens is 1. The molecule has 0 atom stereocenters. The second kappa shape index (κ2) is 11.6. The van der Waals surface area contributed by atoms with E-state index in [1.54, 1.807) is 36.3 Å². The maximum Gasteiger partial charge on any atom is 0.243 e. The zero-order valence-electron chi connectivity index (χ0n) is 20.7. The van der Waals surface area contributed by atoms with Gasteiger partial charge in [-0.2, -0.15) is 4.31 Å². The number of benzene rings is 2. The largest absolute Gasteiger partial charge is 0.497 e. The van der Waals surface area contributed by atoms with Crippen molar-refractivity contribution in [3.8, 4) is 5.75 Å². The molecular weight excluding hydrogens is 564 g/mol. The van der Waals surface area contributed by atoms with Gasteiger partial charge in [0.15, 0.2) is 5.13 Å². The number of anilines is 1. The summed E-state index contributed by atoms with van der Waals surface area (Å²) in [6, 6.07) is 12.3. The number of rotatable bonds is 9. The first-order valence-electron chi connectivity index (χ1n) is 11.9. The van der Waals surface area contributed by atoms with Crippen LogP contribution in [-0.2, 0) is 14.8 Å². The smallest absolute Gasteiger partial charge is 0.243 e. The molecule has 1 fully saturated rings. The van der Waals surface area contributed by atoms with Crippen molar-refractivity contribution < 1.29 is 17.9 Å². The summed E-state index contributed by atoms with van der Waals surface area (Å²) < 4.78 is 34.8. The third-order valence-corrected chi connectivity index (χ3v) is 9.77. The molecule has 194 valence electrons. The van der Waals surface area contributed by atoms with Crippen LogP contribution in [0, 0.1) is 5.92 Å². The van der Waals surface area contributed by atoms with E-state index in [0.717, 1.165) is 27.7 Å². The number of piperidine rings is 1. The van der Waals surface area contributed by atoms with Crippen molar-refractivity contribution in [2.24, 2.45) is 5.92 Å². The molecule has 1 saturated heterocycles. The summed E-state index contributed by atoms with van der Waals surface area (Å²) in [5.74, 6) is 0.383. The molecule has 1 aromatic heterocycles. The van der Waals surface area contributed by atoms with Crippen LogP contribution in [0.15, 0.2) is 51.8 Å². The Kier molecular flexibility index (Phi) is 8.67. The Hall–Kier alpha value is -2.05. The van der Waals surface area contributed by atoms with Gasteiger partial charge < -0.3 is 9.64 Å². The van der Waals surface area contributed by atoms with Crippen LogP contribution in [0.2, 0.25) is 0 Å². The lowest BCUT2D eigenvalue weighted by atomic mass is 9.96. The zero-order valence-corrected chi connectivity index (χ0v) is 23.9. The molecule has 1 aliphatic heterocycles. The van der Waals surface area contributed by atoms with Gasteiger partial charge >= 0.3 is 0 Å². The van der Waals surface area contributed by atoms with E-state index in [9.17, 15) is 13.2 Å². The Balaban J connectivity index is 1.48. The molecule has 11 heteroatoms. The third kappa shape index (κ3) is 6.08. The van der Waals surface area contributed by atoms with E-state index in [1.165, 1.54) is 15.6 Å². The molecule has 0 radical (unpaired) electrons. The fourth-order valence-electron chi connectivity index (χ4n) is 4.31. The lowest BCUT2D eigenvalue weighted by Crippen LogP contribution is -2.45. The number of thiazole rings is 1. The van der Waals surface area contributed by atoms with Gasteiger partial charge in [0.2, 0.25) is 15.9 Å². The molecule has 3 aromatic rings. The third-order valence-electron chi connectivity index (χ3n) is 6.32. The van der Waals surface area contributed by atoms with Gasteiger partial charge in [-0.15, -0.1) is 0 Å². The number of amides is 1. The summed E-state index contributed by atoms with van der Waals surface area (Å²) in [6.07, 6.45) is 1.78. The maximum atomic E-state index is 13.7. The van der Waals surface area contributed by atoms with Crippen LogP contribution in [-0.4, -0.2) is 75.9 Å². The number of methoxy groups -OCH3 is 1. The molecule has 0 N–H and O–H groups in total. The molecule has 2 aromatic carbocycles. The molecule has 8 nitrogen and oxygen atoms in total. The number of hydrogen-bond donors (Lipinski definition) is 0. The van der Waals surface area contributed by atoms with Crippen LogP contribution in [0.1, 0.15) is 19.3 Å². The summed E-state index contributed by atoms with van der Waals surface area (Å²) in [4.78, 5) is 22.6. The number of nitrogens with zero attached hydrogens (tertiary/aromatic N) is 4. The molecule has 0 bridgehead atoms. The fourth-order valence-corrected chi connectivity index (χ4v) is 7.33. The van der Waals surface area contributed by atoms with Crippen LogP contribution in [0.3, 0.4) is 0 Å². The van der Waals surface area contributed by atoms with E-state index >= 15 is 0 Å². The minimum absolute atomic E-state index is 0.0216.